The molecule has 154 valence electrons. The summed E-state index contributed by atoms with van der Waals surface area (Å²) in [5.41, 5.74) is 3.67. The van der Waals surface area contributed by atoms with Crippen LogP contribution in [0.3, 0.4) is 0 Å². The van der Waals surface area contributed by atoms with Crippen LogP contribution < -0.4 is 4.72 Å². The third-order valence-electron chi connectivity index (χ3n) is 5.04. The molecule has 0 saturated heterocycles. The molecule has 0 aliphatic carbocycles. The number of aromatic nitrogens is 3. The molecule has 0 atom stereocenters. The van der Waals surface area contributed by atoms with Gasteiger partial charge in [-0.2, -0.15) is 0 Å². The molecule has 0 unspecified atom stereocenters. The number of sulfonamides is 1. The maximum Gasteiger partial charge on any atom is 0.240 e. The van der Waals surface area contributed by atoms with Crippen molar-refractivity contribution in [1.29, 1.82) is 0 Å². The number of benzene rings is 2. The minimum atomic E-state index is -3.65. The molecule has 30 heavy (non-hydrogen) atoms. The standard InChI is InChI=1S/C23H24N4O2S/c1-17(2)19-10-12-20(13-11-19)30(28,29)25-15-22-26-21-9-6-14-24-23(21)27(22)16-18-7-4-3-5-8-18/h3-14,17,25H,15-16H2,1-2H3. The first-order chi connectivity index (χ1) is 14.4. The third kappa shape index (κ3) is 4.27. The predicted molar refractivity (Wildman–Crippen MR) is 118 cm³/mol. The zero-order chi connectivity index (χ0) is 21.1. The molecule has 7 heteroatoms. The SMILES string of the molecule is CC(C)c1ccc(S(=O)(=O)NCc2nc3cccnc3n2Cc2ccccc2)cc1. The number of pyridine rings is 1. The van der Waals surface area contributed by atoms with Gasteiger partial charge in [0.1, 0.15) is 11.3 Å². The van der Waals surface area contributed by atoms with Crippen molar-refractivity contribution in [3.05, 3.63) is 89.9 Å². The number of nitrogens with one attached hydrogen (secondary N) is 1. The van der Waals surface area contributed by atoms with Crippen LogP contribution >= 0.6 is 0 Å². The minimum Gasteiger partial charge on any atom is -0.307 e. The predicted octanol–water partition coefficient (Wildman–Crippen LogP) is 4.08. The van der Waals surface area contributed by atoms with Crippen molar-refractivity contribution in [3.63, 3.8) is 0 Å². The van der Waals surface area contributed by atoms with Crippen LogP contribution in [0.2, 0.25) is 0 Å². The summed E-state index contributed by atoms with van der Waals surface area (Å²) in [6.45, 7) is 4.80. The molecule has 0 amide bonds. The summed E-state index contributed by atoms with van der Waals surface area (Å²) in [5, 5.41) is 0. The van der Waals surface area contributed by atoms with Gasteiger partial charge < -0.3 is 4.57 Å². The Kier molecular flexibility index (Phi) is 5.65. The topological polar surface area (TPSA) is 76.9 Å². The lowest BCUT2D eigenvalue weighted by Crippen LogP contribution is -2.25. The van der Waals surface area contributed by atoms with Crippen LogP contribution in [0.4, 0.5) is 0 Å². The van der Waals surface area contributed by atoms with Gasteiger partial charge in [-0.3, -0.25) is 0 Å². The van der Waals surface area contributed by atoms with E-state index in [0.29, 0.717) is 18.3 Å². The van der Waals surface area contributed by atoms with Crippen LogP contribution in [0.15, 0.2) is 77.8 Å². The Labute approximate surface area is 176 Å². The first kappa shape index (κ1) is 20.3. The Morgan fingerprint density at radius 2 is 1.70 bits per heavy atom. The van der Waals surface area contributed by atoms with Gasteiger partial charge in [0.05, 0.1) is 18.0 Å². The average Bonchev–Trinajstić information content (AvgIpc) is 3.11. The molecule has 1 N–H and O–H groups in total. The summed E-state index contributed by atoms with van der Waals surface area (Å²) in [5.74, 6) is 0.968. The molecule has 0 aliphatic heterocycles. The number of hydrogen-bond acceptors (Lipinski definition) is 4. The van der Waals surface area contributed by atoms with E-state index in [4.69, 9.17) is 0 Å². The molecule has 0 spiro atoms. The monoisotopic (exact) mass is 420 g/mol. The van der Waals surface area contributed by atoms with Crippen LogP contribution in [0.25, 0.3) is 11.2 Å². The Balaban J connectivity index is 1.61. The van der Waals surface area contributed by atoms with Crippen LogP contribution in [0.5, 0.6) is 0 Å². The molecule has 0 fully saturated rings. The van der Waals surface area contributed by atoms with Crippen molar-refractivity contribution in [3.8, 4) is 0 Å². The average molecular weight is 421 g/mol. The van der Waals surface area contributed by atoms with Crippen LogP contribution in [0.1, 0.15) is 36.7 Å². The van der Waals surface area contributed by atoms with E-state index in [1.54, 1.807) is 18.3 Å². The molecule has 0 aliphatic rings. The second kappa shape index (κ2) is 8.38. The van der Waals surface area contributed by atoms with Gasteiger partial charge in [-0.25, -0.2) is 23.1 Å². The first-order valence-corrected chi connectivity index (χ1v) is 11.4. The fourth-order valence-corrected chi connectivity index (χ4v) is 4.33. The number of imidazole rings is 1. The normalized spacial score (nSPS) is 12.0. The molecule has 0 bridgehead atoms. The van der Waals surface area contributed by atoms with E-state index in [1.807, 2.05) is 59.2 Å². The van der Waals surface area contributed by atoms with Crippen molar-refractivity contribution in [1.82, 2.24) is 19.3 Å². The smallest absolute Gasteiger partial charge is 0.240 e. The maximum atomic E-state index is 12.8. The van der Waals surface area contributed by atoms with Crippen molar-refractivity contribution < 1.29 is 8.42 Å². The molecule has 2 aromatic heterocycles. The molecular weight excluding hydrogens is 396 g/mol. The molecule has 4 rings (SSSR count). The molecule has 2 heterocycles. The zero-order valence-electron chi connectivity index (χ0n) is 17.0. The molecule has 0 radical (unpaired) electrons. The second-order valence-corrected chi connectivity index (χ2v) is 9.26. The Hall–Kier alpha value is -3.03. The Morgan fingerprint density at radius 3 is 2.40 bits per heavy atom. The van der Waals surface area contributed by atoms with Crippen LogP contribution in [-0.4, -0.2) is 23.0 Å². The van der Waals surface area contributed by atoms with Crippen molar-refractivity contribution >= 4 is 21.2 Å². The summed E-state index contributed by atoms with van der Waals surface area (Å²) in [7, 11) is -3.65. The largest absolute Gasteiger partial charge is 0.307 e. The van der Waals surface area contributed by atoms with Gasteiger partial charge >= 0.3 is 0 Å². The van der Waals surface area contributed by atoms with Crippen LogP contribution in [0, 0.1) is 0 Å². The van der Waals surface area contributed by atoms with Crippen LogP contribution in [-0.2, 0) is 23.1 Å². The lowest BCUT2D eigenvalue weighted by molar-refractivity contribution is 0.576. The Morgan fingerprint density at radius 1 is 0.967 bits per heavy atom. The first-order valence-electron chi connectivity index (χ1n) is 9.88. The van der Waals surface area contributed by atoms with E-state index in [-0.39, 0.29) is 11.4 Å². The number of nitrogens with zero attached hydrogens (tertiary/aromatic N) is 3. The lowest BCUT2D eigenvalue weighted by Gasteiger charge is -2.11. The summed E-state index contributed by atoms with van der Waals surface area (Å²) in [6.07, 6.45) is 1.72. The second-order valence-electron chi connectivity index (χ2n) is 7.49. The summed E-state index contributed by atoms with van der Waals surface area (Å²) < 4.78 is 30.3. The molecule has 2 aromatic carbocycles. The highest BCUT2D eigenvalue weighted by Crippen LogP contribution is 2.19. The highest BCUT2D eigenvalue weighted by atomic mass is 32.2. The van der Waals surface area contributed by atoms with E-state index in [2.05, 4.69) is 28.5 Å². The Bertz CT molecular complexity index is 1250. The van der Waals surface area contributed by atoms with Gasteiger partial charge in [0, 0.05) is 6.20 Å². The molecule has 4 aromatic rings. The zero-order valence-corrected chi connectivity index (χ0v) is 17.8. The lowest BCUT2D eigenvalue weighted by atomic mass is 10.0. The van der Waals surface area contributed by atoms with Gasteiger partial charge in [0.15, 0.2) is 5.65 Å². The maximum absolute atomic E-state index is 12.8. The number of rotatable bonds is 7. The van der Waals surface area contributed by atoms with E-state index in [0.717, 1.165) is 22.3 Å². The van der Waals surface area contributed by atoms with E-state index >= 15 is 0 Å². The number of hydrogen-bond donors (Lipinski definition) is 1. The third-order valence-corrected chi connectivity index (χ3v) is 6.46. The highest BCUT2D eigenvalue weighted by Gasteiger charge is 2.18. The van der Waals surface area contributed by atoms with E-state index in [9.17, 15) is 8.42 Å². The molecular formula is C23H24N4O2S. The minimum absolute atomic E-state index is 0.0808. The van der Waals surface area contributed by atoms with Gasteiger partial charge in [-0.1, -0.05) is 56.3 Å². The van der Waals surface area contributed by atoms with Gasteiger partial charge in [-0.15, -0.1) is 0 Å². The number of fused-ring (bicyclic) bond motifs is 1. The fourth-order valence-electron chi connectivity index (χ4n) is 3.35. The van der Waals surface area contributed by atoms with E-state index in [1.165, 1.54) is 0 Å². The van der Waals surface area contributed by atoms with Crippen molar-refractivity contribution in [2.24, 2.45) is 0 Å². The highest BCUT2D eigenvalue weighted by molar-refractivity contribution is 7.89. The van der Waals surface area contributed by atoms with Gasteiger partial charge in [-0.05, 0) is 41.3 Å². The quantitative estimate of drug-likeness (QED) is 0.489. The van der Waals surface area contributed by atoms with Crippen molar-refractivity contribution in [2.45, 2.75) is 37.8 Å². The summed E-state index contributed by atoms with van der Waals surface area (Å²) in [6, 6.07) is 20.7. The summed E-state index contributed by atoms with van der Waals surface area (Å²) in [4.78, 5) is 9.31. The molecule has 0 saturated carbocycles. The molecule has 6 nitrogen and oxygen atoms in total. The van der Waals surface area contributed by atoms with Gasteiger partial charge in [0.25, 0.3) is 0 Å². The van der Waals surface area contributed by atoms with Crippen molar-refractivity contribution in [2.75, 3.05) is 0 Å². The van der Waals surface area contributed by atoms with E-state index < -0.39 is 10.0 Å². The fraction of sp³-hybridized carbons (Fsp3) is 0.217. The van der Waals surface area contributed by atoms with Gasteiger partial charge in [0.2, 0.25) is 10.0 Å². The summed E-state index contributed by atoms with van der Waals surface area (Å²) >= 11 is 0.